The van der Waals surface area contributed by atoms with Crippen molar-refractivity contribution in [3.8, 4) is 0 Å². The van der Waals surface area contributed by atoms with E-state index >= 15 is 0 Å². The zero-order valence-electron chi connectivity index (χ0n) is 4.58. The summed E-state index contributed by atoms with van der Waals surface area (Å²) >= 11 is 4.81. The smallest absolute Gasteiger partial charge is 0.158 e. The average Bonchev–Trinajstić information content (AvgIpc) is 1.81. The molecule has 1 unspecified atom stereocenters. The summed E-state index contributed by atoms with van der Waals surface area (Å²) in [5.74, 6) is 0. The molecule has 0 N–H and O–H groups in total. The maximum Gasteiger partial charge on any atom is 0.390 e. The minimum absolute atomic E-state index is 0.146. The molecule has 1 heterocycles. The Hall–Kier alpha value is 0.0400. The van der Waals surface area contributed by atoms with E-state index in [2.05, 4.69) is 0 Å². The third-order valence-corrected chi connectivity index (χ3v) is 1.83. The van der Waals surface area contributed by atoms with Crippen molar-refractivity contribution in [2.75, 3.05) is 6.54 Å². The molecule has 1 saturated heterocycles. The molecule has 0 radical (unpaired) electrons. The first-order valence-electron chi connectivity index (χ1n) is 2.61. The number of hydrogen-bond acceptors (Lipinski definition) is 0. The molecule has 1 atom stereocenters. The van der Waals surface area contributed by atoms with Crippen LogP contribution in [0.2, 0.25) is 0 Å². The molecule has 1 fully saturated rings. The second kappa shape index (κ2) is 1.76. The van der Waals surface area contributed by atoms with Crippen molar-refractivity contribution in [3.63, 3.8) is 0 Å². The van der Waals surface area contributed by atoms with Crippen LogP contribution in [0.3, 0.4) is 0 Å². The van der Waals surface area contributed by atoms with Gasteiger partial charge in [-0.25, -0.2) is 0 Å². The van der Waals surface area contributed by atoms with E-state index in [1.807, 2.05) is 0 Å². The molecule has 54 valence electrons. The summed E-state index contributed by atoms with van der Waals surface area (Å²) in [4.78, 5) is -2.70. The Balaban J connectivity index is 2.75. The van der Waals surface area contributed by atoms with Gasteiger partial charge in [-0.3, -0.25) is 0 Å². The highest BCUT2D eigenvalue weighted by Crippen LogP contribution is 2.42. The van der Waals surface area contributed by atoms with Crippen LogP contribution in [0.25, 0.3) is 0 Å². The molecule has 0 amide bonds. The Morgan fingerprint density at radius 3 is 2.11 bits per heavy atom. The van der Waals surface area contributed by atoms with E-state index in [-0.39, 0.29) is 12.8 Å². The monoisotopic (exact) mass is 160 g/mol. The lowest BCUT2D eigenvalue weighted by molar-refractivity contribution is -1.19. The van der Waals surface area contributed by atoms with E-state index in [1.165, 1.54) is 0 Å². The Bertz CT molecular complexity index is 111. The predicted molar refractivity (Wildman–Crippen MR) is 26.3 cm³/mol. The maximum absolute atomic E-state index is 12.4. The van der Waals surface area contributed by atoms with Crippen LogP contribution in [0.1, 0.15) is 12.8 Å². The summed E-state index contributed by atoms with van der Waals surface area (Å²) in [5, 5.41) is -2.83. The number of alkyl halides is 2. The lowest BCUT2D eigenvalue weighted by Gasteiger charge is -2.14. The third-order valence-electron chi connectivity index (χ3n) is 1.40. The molecule has 0 spiro atoms. The number of rotatable bonds is 0. The van der Waals surface area contributed by atoms with Gasteiger partial charge in [-0.2, -0.15) is 4.39 Å². The van der Waals surface area contributed by atoms with Gasteiger partial charge in [0, 0.05) is 15.4 Å². The van der Waals surface area contributed by atoms with Crippen LogP contribution in [-0.2, 0) is 0 Å². The summed E-state index contributed by atoms with van der Waals surface area (Å²) in [6.45, 7) is -0.486. The van der Waals surface area contributed by atoms with E-state index in [9.17, 15) is 13.4 Å². The topological polar surface area (TPSA) is 0 Å². The van der Waals surface area contributed by atoms with Crippen LogP contribution in [-0.4, -0.2) is 16.7 Å². The lowest BCUT2D eigenvalue weighted by Crippen LogP contribution is -2.40. The first-order valence-corrected chi connectivity index (χ1v) is 2.99. The summed E-state index contributed by atoms with van der Waals surface area (Å²) < 4.78 is 36.7. The van der Waals surface area contributed by atoms with E-state index in [0.717, 1.165) is 0 Å². The molecule has 0 aromatic carbocycles. The summed E-state index contributed by atoms with van der Waals surface area (Å²) in [5.41, 5.74) is 0. The molecular formula is C4H6ClF3N+. The second-order valence-electron chi connectivity index (χ2n) is 2.12. The molecule has 5 heteroatoms. The van der Waals surface area contributed by atoms with Gasteiger partial charge in [0.1, 0.15) is 4.93 Å². The van der Waals surface area contributed by atoms with E-state index in [4.69, 9.17) is 11.6 Å². The van der Waals surface area contributed by atoms with Crippen molar-refractivity contribution in [3.05, 3.63) is 0 Å². The highest BCUT2D eigenvalue weighted by molar-refractivity contribution is 6.21. The van der Waals surface area contributed by atoms with E-state index < -0.39 is 16.7 Å². The van der Waals surface area contributed by atoms with Gasteiger partial charge in [-0.1, -0.05) is 0 Å². The zero-order chi connectivity index (χ0) is 7.12. The van der Waals surface area contributed by atoms with Crippen LogP contribution in [0.5, 0.6) is 0 Å². The van der Waals surface area contributed by atoms with E-state index in [1.54, 1.807) is 0 Å². The molecule has 0 aromatic heterocycles. The van der Waals surface area contributed by atoms with Crippen molar-refractivity contribution in [1.82, 2.24) is 0 Å². The van der Waals surface area contributed by atoms with Crippen LogP contribution in [0.4, 0.5) is 13.4 Å². The van der Waals surface area contributed by atoms with Gasteiger partial charge in [0.15, 0.2) is 6.54 Å². The molecule has 1 nitrogen and oxygen atoms in total. The maximum atomic E-state index is 12.4. The number of nitrogens with zero attached hydrogens (tertiary/aromatic N) is 1. The Morgan fingerprint density at radius 2 is 2.00 bits per heavy atom. The lowest BCUT2D eigenvalue weighted by atomic mass is 10.4. The molecule has 1 rings (SSSR count). The van der Waals surface area contributed by atoms with Gasteiger partial charge < -0.3 is 0 Å². The molecule has 0 aliphatic carbocycles. The van der Waals surface area contributed by atoms with Crippen LogP contribution in [0.15, 0.2) is 0 Å². The van der Waals surface area contributed by atoms with E-state index in [0.29, 0.717) is 0 Å². The first kappa shape index (κ1) is 7.15. The fourth-order valence-electron chi connectivity index (χ4n) is 0.817. The summed E-state index contributed by atoms with van der Waals surface area (Å²) in [7, 11) is 0. The standard InChI is InChI=1S/C4H6ClF3N/c5-4(6)2-1-3-9(4,7)8/h1-3H2/q+1. The van der Waals surface area contributed by atoms with Crippen molar-refractivity contribution >= 4 is 11.6 Å². The number of halogens is 4. The zero-order valence-corrected chi connectivity index (χ0v) is 5.34. The van der Waals surface area contributed by atoms with Gasteiger partial charge in [0.05, 0.1) is 6.42 Å². The normalized spacial score (nSPS) is 41.3. The van der Waals surface area contributed by atoms with Crippen LogP contribution in [0, 0.1) is 0 Å². The number of hydrogen-bond donors (Lipinski definition) is 0. The molecule has 1 aliphatic rings. The summed E-state index contributed by atoms with van der Waals surface area (Å²) in [6, 6.07) is 0. The van der Waals surface area contributed by atoms with Gasteiger partial charge in [0.2, 0.25) is 0 Å². The highest BCUT2D eigenvalue weighted by Gasteiger charge is 2.60. The fraction of sp³-hybridized carbons (Fsp3) is 1.00. The highest BCUT2D eigenvalue weighted by atomic mass is 35.5. The molecule has 0 saturated carbocycles. The molecule has 1 aliphatic heterocycles. The molecule has 0 aromatic rings. The predicted octanol–water partition coefficient (Wildman–Crippen LogP) is 2.23. The SMILES string of the molecule is FC1(Cl)CCC[N+]1(F)F. The average molecular weight is 161 g/mol. The summed E-state index contributed by atoms with van der Waals surface area (Å²) in [6.07, 6.45) is -0.117. The Morgan fingerprint density at radius 1 is 1.44 bits per heavy atom. The minimum Gasteiger partial charge on any atom is -0.158 e. The van der Waals surface area contributed by atoms with Crippen molar-refractivity contribution in [2.45, 2.75) is 18.1 Å². The Labute approximate surface area is 55.5 Å². The van der Waals surface area contributed by atoms with Crippen molar-refractivity contribution < 1.29 is 18.3 Å². The van der Waals surface area contributed by atoms with Gasteiger partial charge in [-0.15, -0.1) is 0 Å². The van der Waals surface area contributed by atoms with Gasteiger partial charge >= 0.3 is 5.25 Å². The van der Waals surface area contributed by atoms with Gasteiger partial charge in [-0.05, 0) is 11.6 Å². The molecule has 0 bridgehead atoms. The van der Waals surface area contributed by atoms with Crippen LogP contribution >= 0.6 is 11.6 Å². The molecular weight excluding hydrogens is 154 g/mol. The largest absolute Gasteiger partial charge is 0.390 e. The minimum atomic E-state index is -2.83. The van der Waals surface area contributed by atoms with Crippen molar-refractivity contribution in [1.29, 1.82) is 0 Å². The van der Waals surface area contributed by atoms with Crippen LogP contribution < -0.4 is 0 Å². The fourth-order valence-corrected chi connectivity index (χ4v) is 1.04. The van der Waals surface area contributed by atoms with Gasteiger partial charge in [0.25, 0.3) is 0 Å². The first-order chi connectivity index (χ1) is 3.96. The molecule has 9 heavy (non-hydrogen) atoms. The quantitative estimate of drug-likeness (QED) is 0.290. The third kappa shape index (κ3) is 1.01. The number of quaternary nitrogens is 1. The second-order valence-corrected chi connectivity index (χ2v) is 2.70. The van der Waals surface area contributed by atoms with Crippen molar-refractivity contribution in [2.24, 2.45) is 0 Å². The Kier molecular flexibility index (Phi) is 1.40.